The molecule has 5 heteroatoms. The lowest BCUT2D eigenvalue weighted by atomic mass is 10.1. The fraction of sp³-hybridized carbons (Fsp3) is 0.733. The van der Waals surface area contributed by atoms with Gasteiger partial charge in [-0.2, -0.15) is 0 Å². The lowest BCUT2D eigenvalue weighted by Gasteiger charge is -2.32. The second kappa shape index (κ2) is 6.50. The molecule has 0 amide bonds. The van der Waals surface area contributed by atoms with Crippen LogP contribution in [0.5, 0.6) is 0 Å². The van der Waals surface area contributed by atoms with Crippen LogP contribution in [0.4, 0.5) is 5.82 Å². The number of likely N-dealkylation sites (tertiary alicyclic amines) is 1. The monoisotopic (exact) mass is 275 g/mol. The average molecular weight is 275 g/mol. The van der Waals surface area contributed by atoms with E-state index in [0.29, 0.717) is 6.04 Å². The summed E-state index contributed by atoms with van der Waals surface area (Å²) in [5.41, 5.74) is 1.02. The van der Waals surface area contributed by atoms with Crippen molar-refractivity contribution < 1.29 is 0 Å². The number of aromatic nitrogens is 2. The molecule has 1 atom stereocenters. The summed E-state index contributed by atoms with van der Waals surface area (Å²) in [6.07, 6.45) is 9.15. The Balaban J connectivity index is 1.62. The van der Waals surface area contributed by atoms with E-state index in [2.05, 4.69) is 20.1 Å². The van der Waals surface area contributed by atoms with Gasteiger partial charge in [-0.25, -0.2) is 4.98 Å². The Morgan fingerprint density at radius 3 is 2.85 bits per heavy atom. The molecular weight excluding hydrogens is 250 g/mol. The van der Waals surface area contributed by atoms with Gasteiger partial charge in [-0.1, -0.05) is 6.42 Å². The summed E-state index contributed by atoms with van der Waals surface area (Å²) < 4.78 is 0. The van der Waals surface area contributed by atoms with Gasteiger partial charge in [0.15, 0.2) is 0 Å². The molecule has 1 aromatic heterocycles. The van der Waals surface area contributed by atoms with E-state index in [1.807, 2.05) is 19.4 Å². The molecule has 0 aliphatic carbocycles. The van der Waals surface area contributed by atoms with Crippen LogP contribution in [0.15, 0.2) is 12.4 Å². The minimum absolute atomic E-state index is 0.713. The van der Waals surface area contributed by atoms with Gasteiger partial charge in [0.25, 0.3) is 0 Å². The summed E-state index contributed by atoms with van der Waals surface area (Å²) in [6.45, 7) is 5.56. The fourth-order valence-electron chi connectivity index (χ4n) is 3.34. The smallest absolute Gasteiger partial charge is 0.147 e. The van der Waals surface area contributed by atoms with Crippen molar-refractivity contribution in [2.75, 3.05) is 38.1 Å². The van der Waals surface area contributed by atoms with Crippen molar-refractivity contribution in [3.05, 3.63) is 18.1 Å². The predicted octanol–water partition coefficient (Wildman–Crippen LogP) is 1.26. The number of nitrogens with zero attached hydrogens (tertiary/aromatic N) is 4. The lowest BCUT2D eigenvalue weighted by molar-refractivity contribution is 0.175. The van der Waals surface area contributed by atoms with Crippen LogP contribution in [-0.2, 0) is 6.54 Å². The molecule has 0 bridgehead atoms. The molecule has 1 N–H and O–H groups in total. The third kappa shape index (κ3) is 3.10. The number of anilines is 1. The fourth-order valence-corrected chi connectivity index (χ4v) is 3.34. The number of piperidine rings is 1. The Kier molecular flexibility index (Phi) is 4.47. The second-order valence-corrected chi connectivity index (χ2v) is 5.88. The molecule has 3 heterocycles. The summed E-state index contributed by atoms with van der Waals surface area (Å²) in [4.78, 5) is 14.1. The third-order valence-corrected chi connectivity index (χ3v) is 4.42. The van der Waals surface area contributed by atoms with Crippen LogP contribution in [0.1, 0.15) is 31.4 Å². The standard InChI is InChI=1S/C15H25N5/c1-16-9-13-10-17-11-15(18-13)20-8-5-14(12-20)19-6-3-2-4-7-19/h10-11,14,16H,2-9,12H2,1H3. The maximum absolute atomic E-state index is 4.71. The molecule has 20 heavy (non-hydrogen) atoms. The largest absolute Gasteiger partial charge is 0.354 e. The lowest BCUT2D eigenvalue weighted by Crippen LogP contribution is -2.41. The van der Waals surface area contributed by atoms with Gasteiger partial charge in [0.1, 0.15) is 5.82 Å². The van der Waals surface area contributed by atoms with E-state index in [9.17, 15) is 0 Å². The van der Waals surface area contributed by atoms with Gasteiger partial charge in [0.2, 0.25) is 0 Å². The highest BCUT2D eigenvalue weighted by atomic mass is 15.3. The summed E-state index contributed by atoms with van der Waals surface area (Å²) >= 11 is 0. The zero-order valence-electron chi connectivity index (χ0n) is 12.4. The van der Waals surface area contributed by atoms with E-state index < -0.39 is 0 Å². The van der Waals surface area contributed by atoms with Crippen molar-refractivity contribution in [2.24, 2.45) is 0 Å². The number of hydrogen-bond donors (Lipinski definition) is 1. The van der Waals surface area contributed by atoms with Crippen molar-refractivity contribution in [2.45, 2.75) is 38.3 Å². The molecule has 2 fully saturated rings. The topological polar surface area (TPSA) is 44.3 Å². The molecule has 3 rings (SSSR count). The van der Waals surface area contributed by atoms with Crippen LogP contribution in [0.2, 0.25) is 0 Å². The van der Waals surface area contributed by atoms with Gasteiger partial charge in [0, 0.05) is 31.9 Å². The minimum Gasteiger partial charge on any atom is -0.354 e. The van der Waals surface area contributed by atoms with Gasteiger partial charge in [0.05, 0.1) is 11.9 Å². The molecule has 0 saturated carbocycles. The number of nitrogens with one attached hydrogen (secondary N) is 1. The molecule has 5 nitrogen and oxygen atoms in total. The summed E-state index contributed by atoms with van der Waals surface area (Å²) in [7, 11) is 1.94. The first-order chi connectivity index (χ1) is 9.86. The SMILES string of the molecule is CNCc1cncc(N2CCC(N3CCCCC3)C2)n1. The Hall–Kier alpha value is -1.20. The number of hydrogen-bond acceptors (Lipinski definition) is 5. The highest BCUT2D eigenvalue weighted by Crippen LogP contribution is 2.23. The average Bonchev–Trinajstić information content (AvgIpc) is 2.99. The highest BCUT2D eigenvalue weighted by molar-refractivity contribution is 5.38. The van der Waals surface area contributed by atoms with E-state index in [-0.39, 0.29) is 0 Å². The molecule has 2 aliphatic rings. The quantitative estimate of drug-likeness (QED) is 0.896. The first-order valence-electron chi connectivity index (χ1n) is 7.81. The van der Waals surface area contributed by atoms with Crippen molar-refractivity contribution in [3.8, 4) is 0 Å². The summed E-state index contributed by atoms with van der Waals surface area (Å²) in [5.74, 6) is 1.04. The molecule has 0 spiro atoms. The molecule has 1 aromatic rings. The van der Waals surface area contributed by atoms with Crippen LogP contribution in [-0.4, -0.2) is 54.1 Å². The van der Waals surface area contributed by atoms with Crippen molar-refractivity contribution in [1.29, 1.82) is 0 Å². The summed E-state index contributed by atoms with van der Waals surface area (Å²) in [5, 5.41) is 3.13. The Bertz CT molecular complexity index is 430. The zero-order valence-corrected chi connectivity index (χ0v) is 12.4. The third-order valence-electron chi connectivity index (χ3n) is 4.42. The summed E-state index contributed by atoms with van der Waals surface area (Å²) in [6, 6.07) is 0.713. The molecule has 110 valence electrons. The van der Waals surface area contributed by atoms with Gasteiger partial charge in [-0.05, 0) is 39.4 Å². The molecule has 0 aromatic carbocycles. The van der Waals surface area contributed by atoms with E-state index in [4.69, 9.17) is 4.98 Å². The first-order valence-corrected chi connectivity index (χ1v) is 7.81. The van der Waals surface area contributed by atoms with Crippen LogP contribution in [0.25, 0.3) is 0 Å². The van der Waals surface area contributed by atoms with Crippen molar-refractivity contribution in [1.82, 2.24) is 20.2 Å². The molecule has 0 radical (unpaired) electrons. The molecule has 2 saturated heterocycles. The van der Waals surface area contributed by atoms with Crippen molar-refractivity contribution in [3.63, 3.8) is 0 Å². The van der Waals surface area contributed by atoms with E-state index in [1.54, 1.807) is 0 Å². The van der Waals surface area contributed by atoms with E-state index >= 15 is 0 Å². The van der Waals surface area contributed by atoms with Gasteiger partial charge in [-0.15, -0.1) is 0 Å². The van der Waals surface area contributed by atoms with Crippen LogP contribution < -0.4 is 10.2 Å². The Morgan fingerprint density at radius 2 is 2.05 bits per heavy atom. The first kappa shape index (κ1) is 13.8. The van der Waals surface area contributed by atoms with Crippen molar-refractivity contribution >= 4 is 5.82 Å². The molecule has 1 unspecified atom stereocenters. The maximum atomic E-state index is 4.71. The van der Waals surface area contributed by atoms with Gasteiger partial charge < -0.3 is 10.2 Å². The van der Waals surface area contributed by atoms with E-state index in [0.717, 1.165) is 31.1 Å². The predicted molar refractivity (Wildman–Crippen MR) is 80.8 cm³/mol. The number of rotatable bonds is 4. The minimum atomic E-state index is 0.713. The van der Waals surface area contributed by atoms with Gasteiger partial charge in [-0.3, -0.25) is 9.88 Å². The maximum Gasteiger partial charge on any atom is 0.147 e. The molecule has 2 aliphatic heterocycles. The van der Waals surface area contributed by atoms with Crippen LogP contribution in [0.3, 0.4) is 0 Å². The Labute approximate surface area is 121 Å². The van der Waals surface area contributed by atoms with Crippen LogP contribution >= 0.6 is 0 Å². The Morgan fingerprint density at radius 1 is 1.20 bits per heavy atom. The normalized spacial score (nSPS) is 24.2. The van der Waals surface area contributed by atoms with Crippen LogP contribution in [0, 0.1) is 0 Å². The highest BCUT2D eigenvalue weighted by Gasteiger charge is 2.29. The van der Waals surface area contributed by atoms with Gasteiger partial charge >= 0.3 is 0 Å². The molecular formula is C15H25N5. The zero-order chi connectivity index (χ0) is 13.8. The van der Waals surface area contributed by atoms with E-state index in [1.165, 1.54) is 38.8 Å². The second-order valence-electron chi connectivity index (χ2n) is 5.88.